The minimum Gasteiger partial charge on any atom is -0.256 e. The van der Waals surface area contributed by atoms with Crippen LogP contribution in [0.2, 0.25) is 0 Å². The van der Waals surface area contributed by atoms with Crippen LogP contribution >= 0.6 is 0 Å². The number of rotatable bonds is 2. The molecule has 0 aliphatic rings. The summed E-state index contributed by atoms with van der Waals surface area (Å²) in [7, 11) is 0. The van der Waals surface area contributed by atoms with E-state index < -0.39 is 0 Å². The SMILES string of the molecule is CC=Cc1ncccc1-c1ccccc1. The molecule has 0 radical (unpaired) electrons. The van der Waals surface area contributed by atoms with E-state index in [9.17, 15) is 0 Å². The first-order chi connectivity index (χ1) is 7.42. The molecule has 0 saturated carbocycles. The lowest BCUT2D eigenvalue weighted by molar-refractivity contribution is 1.29. The van der Waals surface area contributed by atoms with Crippen molar-refractivity contribution in [3.63, 3.8) is 0 Å². The fourth-order valence-electron chi connectivity index (χ4n) is 1.57. The number of allylic oxidation sites excluding steroid dienone is 1. The Morgan fingerprint density at radius 1 is 1.00 bits per heavy atom. The van der Waals surface area contributed by atoms with Gasteiger partial charge in [-0.05, 0) is 24.6 Å². The van der Waals surface area contributed by atoms with E-state index in [1.54, 1.807) is 0 Å². The summed E-state index contributed by atoms with van der Waals surface area (Å²) in [6, 6.07) is 14.4. The molecule has 2 aromatic rings. The topological polar surface area (TPSA) is 12.9 Å². The van der Waals surface area contributed by atoms with Gasteiger partial charge in [0.05, 0.1) is 5.69 Å². The predicted octanol–water partition coefficient (Wildman–Crippen LogP) is 3.78. The van der Waals surface area contributed by atoms with Gasteiger partial charge < -0.3 is 0 Å². The summed E-state index contributed by atoms with van der Waals surface area (Å²) in [6.07, 6.45) is 5.86. The second-order valence-electron chi connectivity index (χ2n) is 3.30. The smallest absolute Gasteiger partial charge is 0.0704 e. The van der Waals surface area contributed by atoms with Crippen LogP contribution in [0.5, 0.6) is 0 Å². The summed E-state index contributed by atoms with van der Waals surface area (Å²) in [5.41, 5.74) is 3.40. The van der Waals surface area contributed by atoms with E-state index in [0.29, 0.717) is 0 Å². The maximum atomic E-state index is 4.36. The molecule has 0 saturated heterocycles. The van der Waals surface area contributed by atoms with E-state index in [1.165, 1.54) is 11.1 Å². The van der Waals surface area contributed by atoms with E-state index in [0.717, 1.165) is 5.69 Å². The first-order valence-electron chi connectivity index (χ1n) is 5.05. The molecule has 1 heterocycles. The maximum Gasteiger partial charge on any atom is 0.0704 e. The van der Waals surface area contributed by atoms with Crippen molar-refractivity contribution < 1.29 is 0 Å². The third-order valence-corrected chi connectivity index (χ3v) is 2.25. The molecule has 0 amide bonds. The van der Waals surface area contributed by atoms with E-state index in [1.807, 2.05) is 49.5 Å². The van der Waals surface area contributed by atoms with Crippen LogP contribution < -0.4 is 0 Å². The number of hydrogen-bond donors (Lipinski definition) is 0. The third-order valence-electron chi connectivity index (χ3n) is 2.25. The molecule has 1 aromatic heterocycles. The fourth-order valence-corrected chi connectivity index (χ4v) is 1.57. The molecule has 0 fully saturated rings. The highest BCUT2D eigenvalue weighted by molar-refractivity contribution is 5.72. The van der Waals surface area contributed by atoms with Crippen molar-refractivity contribution in [1.29, 1.82) is 0 Å². The molecule has 0 atom stereocenters. The normalized spacial score (nSPS) is 10.7. The van der Waals surface area contributed by atoms with Crippen molar-refractivity contribution in [2.45, 2.75) is 6.92 Å². The maximum absolute atomic E-state index is 4.36. The zero-order valence-electron chi connectivity index (χ0n) is 8.72. The van der Waals surface area contributed by atoms with Crippen molar-refractivity contribution in [3.8, 4) is 11.1 Å². The predicted molar refractivity (Wildman–Crippen MR) is 64.4 cm³/mol. The Morgan fingerprint density at radius 2 is 1.80 bits per heavy atom. The zero-order chi connectivity index (χ0) is 10.5. The van der Waals surface area contributed by atoms with Gasteiger partial charge in [0.2, 0.25) is 0 Å². The molecule has 0 spiro atoms. The van der Waals surface area contributed by atoms with Crippen LogP contribution in [0.15, 0.2) is 54.7 Å². The fraction of sp³-hybridized carbons (Fsp3) is 0.0714. The number of aromatic nitrogens is 1. The summed E-state index contributed by atoms with van der Waals surface area (Å²) in [5.74, 6) is 0. The number of pyridine rings is 1. The molecular formula is C14H13N. The molecule has 0 N–H and O–H groups in total. The van der Waals surface area contributed by atoms with Gasteiger partial charge in [-0.1, -0.05) is 42.5 Å². The van der Waals surface area contributed by atoms with Gasteiger partial charge in [0, 0.05) is 11.8 Å². The third kappa shape index (κ3) is 2.13. The van der Waals surface area contributed by atoms with Crippen molar-refractivity contribution in [1.82, 2.24) is 4.98 Å². The molecule has 0 aliphatic carbocycles. The molecule has 0 aliphatic heterocycles. The van der Waals surface area contributed by atoms with Gasteiger partial charge in [-0.2, -0.15) is 0 Å². The Morgan fingerprint density at radius 3 is 2.53 bits per heavy atom. The van der Waals surface area contributed by atoms with Crippen LogP contribution in [0.4, 0.5) is 0 Å². The highest BCUT2D eigenvalue weighted by atomic mass is 14.7. The zero-order valence-corrected chi connectivity index (χ0v) is 8.72. The summed E-state index contributed by atoms with van der Waals surface area (Å²) in [6.45, 7) is 2.00. The summed E-state index contributed by atoms with van der Waals surface area (Å²) in [4.78, 5) is 4.36. The van der Waals surface area contributed by atoms with Crippen molar-refractivity contribution >= 4 is 6.08 Å². The highest BCUT2D eigenvalue weighted by Crippen LogP contribution is 2.22. The molecule has 2 rings (SSSR count). The van der Waals surface area contributed by atoms with Gasteiger partial charge >= 0.3 is 0 Å². The van der Waals surface area contributed by atoms with E-state index in [-0.39, 0.29) is 0 Å². The average molecular weight is 195 g/mol. The Bertz CT molecular complexity index is 458. The molecule has 1 nitrogen and oxygen atoms in total. The Balaban J connectivity index is 2.53. The van der Waals surface area contributed by atoms with Crippen molar-refractivity contribution in [2.75, 3.05) is 0 Å². The number of hydrogen-bond acceptors (Lipinski definition) is 1. The van der Waals surface area contributed by atoms with Gasteiger partial charge in [-0.3, -0.25) is 4.98 Å². The largest absolute Gasteiger partial charge is 0.256 e. The molecule has 1 aromatic carbocycles. The average Bonchev–Trinajstić information content (AvgIpc) is 2.31. The molecular weight excluding hydrogens is 182 g/mol. The second-order valence-corrected chi connectivity index (χ2v) is 3.30. The minimum absolute atomic E-state index is 1.02. The van der Waals surface area contributed by atoms with Crippen molar-refractivity contribution in [2.24, 2.45) is 0 Å². The summed E-state index contributed by atoms with van der Waals surface area (Å²) < 4.78 is 0. The van der Waals surface area contributed by atoms with Crippen LogP contribution in [0, 0.1) is 0 Å². The van der Waals surface area contributed by atoms with Crippen LogP contribution in [-0.4, -0.2) is 4.98 Å². The van der Waals surface area contributed by atoms with Crippen LogP contribution in [0.1, 0.15) is 12.6 Å². The molecule has 0 bridgehead atoms. The van der Waals surface area contributed by atoms with Gasteiger partial charge in [0.25, 0.3) is 0 Å². The van der Waals surface area contributed by atoms with Crippen LogP contribution in [0.3, 0.4) is 0 Å². The molecule has 15 heavy (non-hydrogen) atoms. The number of nitrogens with zero attached hydrogens (tertiary/aromatic N) is 1. The van der Waals surface area contributed by atoms with Crippen molar-refractivity contribution in [3.05, 3.63) is 60.4 Å². The quantitative estimate of drug-likeness (QED) is 0.710. The van der Waals surface area contributed by atoms with E-state index in [2.05, 4.69) is 23.2 Å². The van der Waals surface area contributed by atoms with Crippen LogP contribution in [-0.2, 0) is 0 Å². The monoisotopic (exact) mass is 195 g/mol. The Kier molecular flexibility index (Phi) is 2.93. The first kappa shape index (κ1) is 9.66. The molecule has 74 valence electrons. The van der Waals surface area contributed by atoms with E-state index >= 15 is 0 Å². The lowest BCUT2D eigenvalue weighted by atomic mass is 10.0. The van der Waals surface area contributed by atoms with Gasteiger partial charge in [-0.15, -0.1) is 0 Å². The lowest BCUT2D eigenvalue weighted by Gasteiger charge is -2.04. The Labute approximate surface area is 90.1 Å². The minimum atomic E-state index is 1.02. The molecule has 1 heteroatoms. The highest BCUT2D eigenvalue weighted by Gasteiger charge is 2.01. The second kappa shape index (κ2) is 4.56. The standard InChI is InChI=1S/C14H13N/c1-2-7-14-13(10-6-11-15-14)12-8-4-3-5-9-12/h2-11H,1H3. The Hall–Kier alpha value is -1.89. The summed E-state index contributed by atoms with van der Waals surface area (Å²) in [5, 5.41) is 0. The van der Waals surface area contributed by atoms with Gasteiger partial charge in [-0.25, -0.2) is 0 Å². The summed E-state index contributed by atoms with van der Waals surface area (Å²) >= 11 is 0. The van der Waals surface area contributed by atoms with Crippen LogP contribution in [0.25, 0.3) is 17.2 Å². The van der Waals surface area contributed by atoms with Gasteiger partial charge in [0.15, 0.2) is 0 Å². The lowest BCUT2D eigenvalue weighted by Crippen LogP contribution is -1.86. The first-order valence-corrected chi connectivity index (χ1v) is 5.05. The molecule has 0 unspecified atom stereocenters. The van der Waals surface area contributed by atoms with E-state index in [4.69, 9.17) is 0 Å². The number of benzene rings is 1. The van der Waals surface area contributed by atoms with Gasteiger partial charge in [0.1, 0.15) is 0 Å².